The van der Waals surface area contributed by atoms with Crippen molar-refractivity contribution in [2.75, 3.05) is 36.5 Å². The van der Waals surface area contributed by atoms with E-state index in [1.165, 1.54) is 13.2 Å². The number of benzene rings is 2. The van der Waals surface area contributed by atoms with Crippen LogP contribution in [0.5, 0.6) is 0 Å². The van der Waals surface area contributed by atoms with Gasteiger partial charge in [-0.05, 0) is 105 Å². The number of nitrogens with one attached hydrogen (secondary N) is 3. The summed E-state index contributed by atoms with van der Waals surface area (Å²) in [6.45, 7) is 6.87. The number of aromatic nitrogens is 3. The summed E-state index contributed by atoms with van der Waals surface area (Å²) in [5.74, 6) is -0.959. The van der Waals surface area contributed by atoms with Crippen molar-refractivity contribution in [2.45, 2.75) is 51.0 Å². The molecular formula is C40H36N6O7. The summed E-state index contributed by atoms with van der Waals surface area (Å²) in [4.78, 5) is 81.3. The molecular weight excluding hydrogens is 676 g/mol. The van der Waals surface area contributed by atoms with Crippen LogP contribution in [0.2, 0.25) is 0 Å². The Hall–Kier alpha value is -6.11. The average Bonchev–Trinajstić information content (AvgIpc) is 3.85. The monoisotopic (exact) mass is 712 g/mol. The van der Waals surface area contributed by atoms with Crippen LogP contribution in [0.1, 0.15) is 85.8 Å². The smallest absolute Gasteiger partial charge is 0.414 e. The molecule has 53 heavy (non-hydrogen) atoms. The predicted octanol–water partition coefficient (Wildman–Crippen LogP) is 5.76. The number of piperidine rings is 1. The highest BCUT2D eigenvalue weighted by Gasteiger charge is 2.68. The van der Waals surface area contributed by atoms with Gasteiger partial charge in [0.15, 0.2) is 0 Å². The number of ketones is 1. The number of aromatic amines is 3. The van der Waals surface area contributed by atoms with Gasteiger partial charge in [-0.1, -0.05) is 0 Å². The molecule has 5 aromatic rings. The van der Waals surface area contributed by atoms with Gasteiger partial charge in [-0.15, -0.1) is 0 Å². The molecule has 5 aliphatic rings. The molecule has 2 atom stereocenters. The number of nitrogens with zero attached hydrogens (tertiary/aromatic N) is 3. The number of allylic oxidation sites excluding steroid dienone is 2. The summed E-state index contributed by atoms with van der Waals surface area (Å²) in [6, 6.07) is 13.0. The molecule has 2 aliphatic carbocycles. The van der Waals surface area contributed by atoms with Gasteiger partial charge in [-0.3, -0.25) is 19.3 Å². The molecule has 3 aromatic heterocycles. The van der Waals surface area contributed by atoms with Gasteiger partial charge >= 0.3 is 12.1 Å². The third kappa shape index (κ3) is 4.39. The number of anilines is 2. The van der Waals surface area contributed by atoms with E-state index in [0.29, 0.717) is 60.9 Å². The summed E-state index contributed by atoms with van der Waals surface area (Å²) in [7, 11) is 1.34. The maximum Gasteiger partial charge on any atom is 0.414 e. The minimum Gasteiger partial charge on any atom is -0.464 e. The quantitative estimate of drug-likeness (QED) is 0.201. The topological polar surface area (TPSA) is 161 Å². The predicted molar refractivity (Wildman–Crippen MR) is 195 cm³/mol. The first kappa shape index (κ1) is 31.6. The highest BCUT2D eigenvalue weighted by atomic mass is 16.6. The van der Waals surface area contributed by atoms with Crippen molar-refractivity contribution in [2.24, 2.45) is 5.92 Å². The van der Waals surface area contributed by atoms with Gasteiger partial charge in [0.1, 0.15) is 22.7 Å². The lowest BCUT2D eigenvalue weighted by Gasteiger charge is -2.30. The molecule has 2 unspecified atom stereocenters. The van der Waals surface area contributed by atoms with E-state index in [2.05, 4.69) is 15.0 Å². The third-order valence-electron chi connectivity index (χ3n) is 11.6. The molecule has 0 radical (unpaired) electrons. The SMILES string of the molecule is COC(=O)c1cc2c3c(ccc2[nH]1)N(C(=O)c1cc2c4c(ccc2[nH]1)N(C(=O)c1cc2c([nH]1)C(=O)C=C1N(C(=O)OC(C)(C)C)CC5CC125)CC4)CC3. The van der Waals surface area contributed by atoms with Crippen LogP contribution in [0.15, 0.2) is 54.2 Å². The van der Waals surface area contributed by atoms with Crippen molar-refractivity contribution < 1.29 is 33.4 Å². The van der Waals surface area contributed by atoms with Crippen molar-refractivity contribution in [1.82, 2.24) is 19.9 Å². The van der Waals surface area contributed by atoms with Crippen molar-refractivity contribution in [1.29, 1.82) is 0 Å². The van der Waals surface area contributed by atoms with E-state index in [-0.39, 0.29) is 23.5 Å². The van der Waals surface area contributed by atoms with Crippen molar-refractivity contribution in [3.8, 4) is 0 Å². The summed E-state index contributed by atoms with van der Waals surface area (Å²) < 4.78 is 10.5. The van der Waals surface area contributed by atoms with Gasteiger partial charge in [0.2, 0.25) is 5.78 Å². The summed E-state index contributed by atoms with van der Waals surface area (Å²) in [6.07, 6.45) is 3.12. The highest BCUT2D eigenvalue weighted by Crippen LogP contribution is 2.66. The minimum atomic E-state index is -0.666. The van der Waals surface area contributed by atoms with Crippen molar-refractivity contribution in [3.05, 3.63) is 93.7 Å². The first-order valence-electron chi connectivity index (χ1n) is 17.9. The lowest BCUT2D eigenvalue weighted by Crippen LogP contribution is -2.37. The third-order valence-corrected chi connectivity index (χ3v) is 11.6. The van der Waals surface area contributed by atoms with Gasteiger partial charge in [0.25, 0.3) is 11.8 Å². The number of esters is 1. The number of hydrogen-bond donors (Lipinski definition) is 3. The Labute approximate surface area is 302 Å². The molecule has 1 saturated heterocycles. The standard InChI is InChI=1S/C40H36N6O7/c1-39(2,3)53-38(51)46-18-19-17-40(19)24-15-28(43-34(24)32(47)16-33(40)46)36(49)45-12-9-20-22-13-27(41-25(22)5-7-30(20)45)35(48)44-11-10-21-23-14-29(37(50)52-4)42-26(23)6-8-31(21)44/h5-8,13-16,19,41-43H,9-12,17-18H2,1-4H3. The van der Waals surface area contributed by atoms with Gasteiger partial charge < -0.3 is 34.2 Å². The molecule has 3 amide bonds. The van der Waals surface area contributed by atoms with E-state index in [4.69, 9.17) is 9.47 Å². The van der Waals surface area contributed by atoms with E-state index >= 15 is 0 Å². The Bertz CT molecular complexity index is 2560. The largest absolute Gasteiger partial charge is 0.464 e. The Balaban J connectivity index is 0.917. The maximum atomic E-state index is 14.1. The van der Waals surface area contributed by atoms with Crippen LogP contribution >= 0.6 is 0 Å². The molecule has 1 saturated carbocycles. The first-order valence-corrected chi connectivity index (χ1v) is 17.9. The maximum absolute atomic E-state index is 14.1. The number of fused-ring (bicyclic) bond motifs is 7. The van der Waals surface area contributed by atoms with Gasteiger partial charge in [0.05, 0.1) is 12.8 Å². The zero-order valence-electron chi connectivity index (χ0n) is 29.6. The normalized spacial score (nSPS) is 21.0. The fraction of sp³-hybridized carbons (Fsp3) is 0.325. The summed E-state index contributed by atoms with van der Waals surface area (Å²) in [5, 5.41) is 1.77. The number of hydrogen-bond acceptors (Lipinski definition) is 7. The first-order chi connectivity index (χ1) is 25.4. The van der Waals surface area contributed by atoms with Gasteiger partial charge in [0, 0.05) is 70.0 Å². The number of likely N-dealkylation sites (tertiary alicyclic amines) is 1. The zero-order chi connectivity index (χ0) is 36.7. The minimum absolute atomic E-state index is 0.154. The number of H-pyrrole nitrogens is 3. The molecule has 2 aromatic carbocycles. The van der Waals surface area contributed by atoms with E-state index in [9.17, 15) is 24.0 Å². The Morgan fingerprint density at radius 3 is 1.98 bits per heavy atom. The second kappa shape index (κ2) is 10.5. The number of amides is 3. The van der Waals surface area contributed by atoms with Crippen molar-refractivity contribution >= 4 is 62.8 Å². The lowest BCUT2D eigenvalue weighted by atomic mass is 9.85. The number of rotatable bonds is 3. The Morgan fingerprint density at radius 1 is 0.792 bits per heavy atom. The van der Waals surface area contributed by atoms with Crippen LogP contribution < -0.4 is 9.80 Å². The molecule has 13 nitrogen and oxygen atoms in total. The van der Waals surface area contributed by atoms with Gasteiger partial charge in [-0.2, -0.15) is 0 Å². The molecule has 1 spiro atoms. The van der Waals surface area contributed by atoms with Crippen LogP contribution in [0.25, 0.3) is 21.8 Å². The fourth-order valence-electron chi connectivity index (χ4n) is 9.17. The molecule has 6 heterocycles. The van der Waals surface area contributed by atoms with Gasteiger partial charge in [-0.25, -0.2) is 9.59 Å². The zero-order valence-corrected chi connectivity index (χ0v) is 29.6. The molecule has 3 N–H and O–H groups in total. The number of carbonyl (C=O) groups is 5. The lowest BCUT2D eigenvalue weighted by molar-refractivity contribution is 0.0321. The second-order valence-corrected chi connectivity index (χ2v) is 15.6. The van der Waals surface area contributed by atoms with E-state index < -0.39 is 23.1 Å². The van der Waals surface area contributed by atoms with Crippen LogP contribution in [-0.4, -0.2) is 81.9 Å². The number of ether oxygens (including phenoxy) is 2. The van der Waals surface area contributed by atoms with E-state index in [0.717, 1.165) is 56.3 Å². The molecule has 3 aliphatic heterocycles. The fourth-order valence-corrected chi connectivity index (χ4v) is 9.17. The van der Waals surface area contributed by atoms with Crippen LogP contribution in [0.4, 0.5) is 16.2 Å². The van der Waals surface area contributed by atoms with E-state index in [1.807, 2.05) is 51.1 Å². The highest BCUT2D eigenvalue weighted by molar-refractivity contribution is 6.14. The molecule has 2 fully saturated rings. The summed E-state index contributed by atoms with van der Waals surface area (Å²) >= 11 is 0. The molecule has 10 rings (SSSR count). The number of methoxy groups -OCH3 is 1. The number of carbonyl (C=O) groups excluding carboxylic acids is 5. The second-order valence-electron chi connectivity index (χ2n) is 15.6. The van der Waals surface area contributed by atoms with E-state index in [1.54, 1.807) is 26.8 Å². The Morgan fingerprint density at radius 2 is 1.38 bits per heavy atom. The van der Waals surface area contributed by atoms with Crippen LogP contribution in [0.3, 0.4) is 0 Å². The average molecular weight is 713 g/mol. The van der Waals surface area contributed by atoms with Crippen LogP contribution in [0, 0.1) is 5.92 Å². The molecule has 0 bridgehead atoms. The molecule has 13 heteroatoms. The Kier molecular flexibility index (Phi) is 6.26. The molecule has 268 valence electrons. The van der Waals surface area contributed by atoms with Crippen LogP contribution in [-0.2, 0) is 27.7 Å². The van der Waals surface area contributed by atoms with Crippen molar-refractivity contribution in [3.63, 3.8) is 0 Å². The summed E-state index contributed by atoms with van der Waals surface area (Å²) in [5.41, 5.74) is 6.98.